The molecule has 1 aliphatic heterocycles. The topological polar surface area (TPSA) is 64.7 Å². The Bertz CT molecular complexity index is 909. The van der Waals surface area contributed by atoms with Crippen LogP contribution in [-0.2, 0) is 4.79 Å². The van der Waals surface area contributed by atoms with Crippen LogP contribution in [0.2, 0.25) is 0 Å². The molecule has 2 amide bonds. The van der Waals surface area contributed by atoms with Crippen LogP contribution < -0.4 is 10.6 Å². The van der Waals surface area contributed by atoms with Gasteiger partial charge in [0.25, 0.3) is 5.91 Å². The Morgan fingerprint density at radius 2 is 1.69 bits per heavy atom. The van der Waals surface area contributed by atoms with E-state index in [9.17, 15) is 9.59 Å². The van der Waals surface area contributed by atoms with Crippen molar-refractivity contribution in [3.63, 3.8) is 0 Å². The maximum Gasteiger partial charge on any atom is 0.251 e. The van der Waals surface area contributed by atoms with Crippen molar-refractivity contribution in [3.05, 3.63) is 53.6 Å². The SMILES string of the molecule is CCN1CCN(CCCNC(=O)c2ccc(Sc3ccc(C)cc3)c(NC(C)=O)c2)CC1. The van der Waals surface area contributed by atoms with Gasteiger partial charge in [0, 0.05) is 55.0 Å². The number of piperazine rings is 1. The van der Waals surface area contributed by atoms with Crippen molar-refractivity contribution in [2.24, 2.45) is 0 Å². The van der Waals surface area contributed by atoms with Crippen molar-refractivity contribution in [3.8, 4) is 0 Å². The number of anilines is 1. The number of carbonyl (C=O) groups excluding carboxylic acids is 2. The molecule has 0 aromatic heterocycles. The van der Waals surface area contributed by atoms with Gasteiger partial charge in [0.1, 0.15) is 0 Å². The first-order valence-corrected chi connectivity index (χ1v) is 12.2. The van der Waals surface area contributed by atoms with Gasteiger partial charge in [0.15, 0.2) is 0 Å². The van der Waals surface area contributed by atoms with E-state index >= 15 is 0 Å². The van der Waals surface area contributed by atoms with Gasteiger partial charge in [-0.3, -0.25) is 9.59 Å². The van der Waals surface area contributed by atoms with Gasteiger partial charge in [-0.1, -0.05) is 36.4 Å². The number of nitrogens with zero attached hydrogens (tertiary/aromatic N) is 2. The number of aryl methyl sites for hydroxylation is 1. The number of rotatable bonds is 9. The molecule has 3 rings (SSSR count). The van der Waals surface area contributed by atoms with Gasteiger partial charge >= 0.3 is 0 Å². The summed E-state index contributed by atoms with van der Waals surface area (Å²) in [6, 6.07) is 13.7. The van der Waals surface area contributed by atoms with Gasteiger partial charge in [-0.2, -0.15) is 0 Å². The first-order chi connectivity index (χ1) is 15.4. The molecular weight excluding hydrogens is 420 g/mol. The summed E-state index contributed by atoms with van der Waals surface area (Å²) in [6.45, 7) is 12.9. The van der Waals surface area contributed by atoms with Crippen LogP contribution in [0.25, 0.3) is 0 Å². The second-order valence-electron chi connectivity index (χ2n) is 8.19. The quantitative estimate of drug-likeness (QED) is 0.564. The van der Waals surface area contributed by atoms with Gasteiger partial charge in [-0.25, -0.2) is 0 Å². The molecule has 0 spiro atoms. The Morgan fingerprint density at radius 3 is 2.34 bits per heavy atom. The van der Waals surface area contributed by atoms with E-state index in [2.05, 4.69) is 58.5 Å². The zero-order valence-corrected chi connectivity index (χ0v) is 20.1. The summed E-state index contributed by atoms with van der Waals surface area (Å²) in [5, 5.41) is 5.89. The van der Waals surface area contributed by atoms with Crippen LogP contribution >= 0.6 is 11.8 Å². The average molecular weight is 455 g/mol. The number of hydrogen-bond donors (Lipinski definition) is 2. The molecule has 2 aromatic rings. The summed E-state index contributed by atoms with van der Waals surface area (Å²) < 4.78 is 0. The molecule has 0 atom stereocenters. The molecule has 172 valence electrons. The van der Waals surface area contributed by atoms with Crippen LogP contribution in [0, 0.1) is 6.92 Å². The normalized spacial score (nSPS) is 14.8. The summed E-state index contributed by atoms with van der Waals surface area (Å²) in [6.07, 6.45) is 0.928. The maximum absolute atomic E-state index is 12.7. The number of hydrogen-bond acceptors (Lipinski definition) is 5. The molecule has 0 radical (unpaired) electrons. The van der Waals surface area contributed by atoms with Gasteiger partial charge in [-0.15, -0.1) is 0 Å². The lowest BCUT2D eigenvalue weighted by molar-refractivity contribution is -0.114. The van der Waals surface area contributed by atoms with E-state index in [0.717, 1.165) is 55.5 Å². The predicted molar refractivity (Wildman–Crippen MR) is 132 cm³/mol. The average Bonchev–Trinajstić information content (AvgIpc) is 2.79. The van der Waals surface area contributed by atoms with Crippen LogP contribution in [0.4, 0.5) is 5.69 Å². The summed E-state index contributed by atoms with van der Waals surface area (Å²) in [4.78, 5) is 31.3. The molecule has 1 saturated heterocycles. The minimum absolute atomic E-state index is 0.112. The van der Waals surface area contributed by atoms with E-state index in [1.54, 1.807) is 17.8 Å². The van der Waals surface area contributed by atoms with Crippen LogP contribution in [-0.4, -0.2) is 67.4 Å². The lowest BCUT2D eigenvalue weighted by Gasteiger charge is -2.33. The van der Waals surface area contributed by atoms with Crippen molar-refractivity contribution >= 4 is 29.3 Å². The monoisotopic (exact) mass is 454 g/mol. The van der Waals surface area contributed by atoms with Gasteiger partial charge in [0.2, 0.25) is 5.91 Å². The standard InChI is InChI=1S/C25H34N4O2S/c1-4-28-14-16-29(17-15-28)13-5-12-26-25(31)21-8-11-24(23(18-21)27-20(3)30)32-22-9-6-19(2)7-10-22/h6-11,18H,4-5,12-17H2,1-3H3,(H,26,31)(H,27,30). The van der Waals surface area contributed by atoms with Gasteiger partial charge < -0.3 is 20.4 Å². The Kier molecular flexibility index (Phi) is 9.14. The molecule has 0 bridgehead atoms. The maximum atomic E-state index is 12.7. The lowest BCUT2D eigenvalue weighted by atomic mass is 10.2. The van der Waals surface area contributed by atoms with Gasteiger partial charge in [-0.05, 0) is 56.8 Å². The lowest BCUT2D eigenvalue weighted by Crippen LogP contribution is -2.46. The van der Waals surface area contributed by atoms with Gasteiger partial charge in [0.05, 0.1) is 5.69 Å². The van der Waals surface area contributed by atoms with Crippen LogP contribution in [0.1, 0.15) is 36.2 Å². The summed E-state index contributed by atoms with van der Waals surface area (Å²) in [5.41, 5.74) is 2.41. The van der Waals surface area contributed by atoms with Crippen molar-refractivity contribution in [1.29, 1.82) is 0 Å². The minimum atomic E-state index is -0.156. The Morgan fingerprint density at radius 1 is 1.00 bits per heavy atom. The second-order valence-corrected chi connectivity index (χ2v) is 9.31. The Labute approximate surface area is 195 Å². The zero-order valence-electron chi connectivity index (χ0n) is 19.3. The third kappa shape index (κ3) is 7.36. The first kappa shape index (κ1) is 24.3. The fourth-order valence-electron chi connectivity index (χ4n) is 3.72. The van der Waals surface area contributed by atoms with E-state index in [4.69, 9.17) is 0 Å². The fourth-order valence-corrected chi connectivity index (χ4v) is 4.60. The number of amides is 2. The number of benzene rings is 2. The molecule has 0 aliphatic carbocycles. The predicted octanol–water partition coefficient (Wildman–Crippen LogP) is 3.86. The van der Waals surface area contributed by atoms with E-state index in [-0.39, 0.29) is 11.8 Å². The van der Waals surface area contributed by atoms with E-state index in [1.165, 1.54) is 12.5 Å². The third-order valence-corrected chi connectivity index (χ3v) is 6.73. The summed E-state index contributed by atoms with van der Waals surface area (Å²) in [7, 11) is 0. The van der Waals surface area contributed by atoms with E-state index < -0.39 is 0 Å². The molecule has 7 heteroatoms. The number of carbonyl (C=O) groups is 2. The van der Waals surface area contributed by atoms with Crippen LogP contribution in [0.15, 0.2) is 52.3 Å². The van der Waals surface area contributed by atoms with Crippen molar-refractivity contribution in [2.45, 2.75) is 37.0 Å². The molecular formula is C25H34N4O2S. The molecule has 6 nitrogen and oxygen atoms in total. The van der Waals surface area contributed by atoms with E-state index in [1.807, 2.05) is 12.1 Å². The largest absolute Gasteiger partial charge is 0.352 e. The molecule has 2 N–H and O–H groups in total. The molecule has 1 aliphatic rings. The molecule has 0 saturated carbocycles. The van der Waals surface area contributed by atoms with E-state index in [0.29, 0.717) is 17.8 Å². The van der Waals surface area contributed by atoms with Crippen molar-refractivity contribution in [2.75, 3.05) is 51.1 Å². The molecule has 1 heterocycles. The number of nitrogens with one attached hydrogen (secondary N) is 2. The first-order valence-electron chi connectivity index (χ1n) is 11.3. The third-order valence-electron chi connectivity index (χ3n) is 5.65. The second kappa shape index (κ2) is 12.0. The highest BCUT2D eigenvalue weighted by atomic mass is 32.2. The Balaban J connectivity index is 1.55. The summed E-state index contributed by atoms with van der Waals surface area (Å²) in [5.74, 6) is -0.268. The highest BCUT2D eigenvalue weighted by molar-refractivity contribution is 7.99. The highest BCUT2D eigenvalue weighted by Gasteiger charge is 2.15. The molecule has 0 unspecified atom stereocenters. The van der Waals surface area contributed by atoms with Crippen LogP contribution in [0.3, 0.4) is 0 Å². The fraction of sp³-hybridized carbons (Fsp3) is 0.440. The Hall–Kier alpha value is -2.35. The molecule has 1 fully saturated rings. The summed E-state index contributed by atoms with van der Waals surface area (Å²) >= 11 is 1.57. The number of likely N-dealkylation sites (N-methyl/N-ethyl adjacent to an activating group) is 1. The zero-order chi connectivity index (χ0) is 22.9. The van der Waals surface area contributed by atoms with Crippen molar-refractivity contribution < 1.29 is 9.59 Å². The van der Waals surface area contributed by atoms with Crippen molar-refractivity contribution in [1.82, 2.24) is 15.1 Å². The minimum Gasteiger partial charge on any atom is -0.352 e. The van der Waals surface area contributed by atoms with Crippen LogP contribution in [0.5, 0.6) is 0 Å². The molecule has 2 aromatic carbocycles. The molecule has 32 heavy (non-hydrogen) atoms. The smallest absolute Gasteiger partial charge is 0.251 e. The highest BCUT2D eigenvalue weighted by Crippen LogP contribution is 2.34.